The van der Waals surface area contributed by atoms with Crippen molar-refractivity contribution in [3.05, 3.63) is 141 Å². The number of nitrogens with one attached hydrogen (secondary N) is 2. The summed E-state index contributed by atoms with van der Waals surface area (Å²) in [5.41, 5.74) is 11.2. The Kier molecular flexibility index (Phi) is 11.9. The van der Waals surface area contributed by atoms with Gasteiger partial charge in [0.1, 0.15) is 17.6 Å². The largest absolute Gasteiger partial charge is 0.497 e. The van der Waals surface area contributed by atoms with Crippen molar-refractivity contribution in [2.75, 3.05) is 31.7 Å². The van der Waals surface area contributed by atoms with E-state index >= 15 is 0 Å². The average Bonchev–Trinajstić information content (AvgIpc) is 3.78. The Hall–Kier alpha value is -7.37. The van der Waals surface area contributed by atoms with E-state index in [1.54, 1.807) is 19.2 Å². The number of unbranched alkanes of at least 4 members (excludes halogenated alkanes) is 2. The highest BCUT2D eigenvalue weighted by Crippen LogP contribution is 2.60. The number of hydrogen-bond acceptors (Lipinski definition) is 15. The minimum atomic E-state index is -5.19. The molecule has 356 valence electrons. The highest BCUT2D eigenvalue weighted by Gasteiger charge is 2.56. The number of methoxy groups -OCH3 is 1. The number of anilines is 2. The number of nitrogen functional groups attached to an aromatic ring is 2. The number of fused-ring (bicyclic) bond motifs is 9. The molecule has 1 atom stereocenters. The number of esters is 1. The van der Waals surface area contributed by atoms with Gasteiger partial charge in [-0.25, -0.2) is 4.79 Å². The number of aromatic nitrogens is 3. The van der Waals surface area contributed by atoms with Gasteiger partial charge >= 0.3 is 5.97 Å². The lowest BCUT2D eigenvalue weighted by atomic mass is 9.77. The molecule has 0 bridgehead atoms. The number of carbonyl (C=O) groups is 3. The van der Waals surface area contributed by atoms with E-state index < -0.39 is 76.4 Å². The summed E-state index contributed by atoms with van der Waals surface area (Å²) < 4.78 is 90.5. The molecule has 1 unspecified atom stereocenters. The molecule has 1 aromatic heterocycles. The number of carbonyl (C=O) groups excluding carboxylic acids is 3. The Bertz CT molecular complexity index is 3330. The summed E-state index contributed by atoms with van der Waals surface area (Å²) in [4.78, 5) is 43.9. The minimum absolute atomic E-state index is 0.0188. The molecule has 20 nitrogen and oxygen atoms in total. The molecule has 8 N–H and O–H groups in total. The number of nitrogens with zero attached hydrogens (tertiary/aromatic N) is 4. The first kappa shape index (κ1) is 46.7. The fourth-order valence-corrected chi connectivity index (χ4v) is 10.5. The third kappa shape index (κ3) is 8.28. The van der Waals surface area contributed by atoms with Crippen molar-refractivity contribution in [3.63, 3.8) is 0 Å². The first-order valence-electron chi connectivity index (χ1n) is 21.2. The lowest BCUT2D eigenvalue weighted by molar-refractivity contribution is -0.121. The molecule has 9 rings (SSSR count). The first-order valence-corrected chi connectivity index (χ1v) is 24.4. The number of nitrogens with two attached hydrogens (primary N) is 2. The van der Waals surface area contributed by atoms with Crippen LogP contribution < -0.4 is 31.6 Å². The van der Waals surface area contributed by atoms with Gasteiger partial charge < -0.3 is 36.3 Å². The lowest BCUT2D eigenvalue weighted by Crippen LogP contribution is -2.35. The number of hydrogen-bond donors (Lipinski definition) is 6. The van der Waals surface area contributed by atoms with Crippen LogP contribution in [0.15, 0.2) is 99.7 Å². The zero-order valence-corrected chi connectivity index (χ0v) is 38.9. The zero-order valence-electron chi connectivity index (χ0n) is 36.5. The lowest BCUT2D eigenvalue weighted by Gasteiger charge is -2.37. The van der Waals surface area contributed by atoms with E-state index in [2.05, 4.69) is 20.8 Å². The smallest absolute Gasteiger partial charge is 0.340 e. The van der Waals surface area contributed by atoms with E-state index in [0.29, 0.717) is 53.9 Å². The number of benzene rings is 5. The van der Waals surface area contributed by atoms with Crippen LogP contribution in [0.4, 0.5) is 11.4 Å². The molecule has 0 fully saturated rings. The monoisotopic (exact) mass is 996 g/mol. The predicted octanol–water partition coefficient (Wildman–Crippen LogP) is 5.46. The Morgan fingerprint density at radius 1 is 0.812 bits per heavy atom. The van der Waals surface area contributed by atoms with E-state index in [9.17, 15) is 40.3 Å². The second-order valence-electron chi connectivity index (χ2n) is 16.3. The van der Waals surface area contributed by atoms with Crippen LogP contribution in [0.3, 0.4) is 0 Å². The number of aryl methyl sites for hydroxylation is 1. The van der Waals surface area contributed by atoms with Gasteiger partial charge in [0.2, 0.25) is 5.91 Å². The molecule has 3 aliphatic heterocycles. The van der Waals surface area contributed by atoms with Gasteiger partial charge in [0.15, 0.2) is 32.7 Å². The van der Waals surface area contributed by atoms with Crippen molar-refractivity contribution in [2.24, 2.45) is 4.99 Å². The molecule has 0 saturated heterocycles. The summed E-state index contributed by atoms with van der Waals surface area (Å²) in [6, 6.07) is 21.0. The molecule has 69 heavy (non-hydrogen) atoms. The van der Waals surface area contributed by atoms with E-state index in [1.165, 1.54) is 30.3 Å². The van der Waals surface area contributed by atoms with Crippen molar-refractivity contribution in [3.8, 4) is 22.9 Å². The topological polar surface area (TPSA) is 307 Å². The second-order valence-corrected chi connectivity index (χ2v) is 19.5. The summed E-state index contributed by atoms with van der Waals surface area (Å²) in [5.74, 6) is -1.44. The van der Waals surface area contributed by atoms with Crippen LogP contribution in [0.2, 0.25) is 5.02 Å². The normalized spacial score (nSPS) is 15.3. The minimum Gasteiger partial charge on any atom is -0.497 e. The number of aliphatic imine (C=N–C) groups is 1. The molecule has 0 radical (unpaired) electrons. The molecule has 3 aliphatic rings. The molecule has 0 aliphatic carbocycles. The molecule has 4 heterocycles. The third-order valence-corrected chi connectivity index (χ3v) is 14.1. The fraction of sp³-hybridized carbons (Fsp3) is 0.217. The van der Waals surface area contributed by atoms with E-state index in [0.717, 1.165) is 28.9 Å². The summed E-state index contributed by atoms with van der Waals surface area (Å²) in [7, 11) is -8.80. The maximum Gasteiger partial charge on any atom is 0.340 e. The van der Waals surface area contributed by atoms with Crippen LogP contribution in [0, 0.1) is 6.92 Å². The van der Waals surface area contributed by atoms with Crippen LogP contribution in [-0.2, 0) is 35.4 Å². The Morgan fingerprint density at radius 2 is 1.45 bits per heavy atom. The molecule has 6 aromatic rings. The Morgan fingerprint density at radius 3 is 2.07 bits per heavy atom. The van der Waals surface area contributed by atoms with Crippen molar-refractivity contribution in [1.82, 2.24) is 25.4 Å². The molecular weight excluding hydrogens is 956 g/mol. The maximum absolute atomic E-state index is 13.7. The van der Waals surface area contributed by atoms with Gasteiger partial charge in [-0.15, -0.1) is 10.2 Å². The van der Waals surface area contributed by atoms with Crippen molar-refractivity contribution < 1.29 is 54.5 Å². The standard InChI is InChI=1S/C46H41ClN8O12S2/c1-23-53-54-43-35(52-38(24-6-9-26(47)10-7-24)29-21-27(65-2)11-17-36(29)55(23)43)22-37(56)50-18-4-3-5-19-51-44(57)25-8-12-28-32(20-25)46(67-45(28)58)30-13-15-33(48)41(68(59,60)61)39(30)66-40-31(46)14-16-34(49)42(40)69(62,63)64/h6-17,20-21,35H,3-5,18-19,22,48-49H2,1-2H3,(H,50,56)(H,51,57)(H,59,60,61)(H,62,63,64). The number of rotatable bonds is 13. The van der Waals surface area contributed by atoms with E-state index in [1.807, 2.05) is 41.8 Å². The van der Waals surface area contributed by atoms with Crippen molar-refractivity contribution in [2.45, 2.75) is 54.0 Å². The van der Waals surface area contributed by atoms with Gasteiger partial charge in [0.05, 0.1) is 41.9 Å². The fourth-order valence-electron chi connectivity index (χ4n) is 8.88. The molecule has 2 amide bonds. The van der Waals surface area contributed by atoms with Gasteiger partial charge in [0.25, 0.3) is 26.1 Å². The quantitative estimate of drug-likeness (QED) is 0.0362. The maximum atomic E-state index is 13.7. The van der Waals surface area contributed by atoms with Gasteiger partial charge in [-0.3, -0.25) is 28.3 Å². The SMILES string of the molecule is COc1ccc2c(c1)C(c1ccc(Cl)cc1)=NC(CC(=O)NCCCCCNC(=O)c1ccc3c(c1)C1(OC3=O)c3ccc(N)c(S(=O)(=O)O)c3Oc3c1ccc(N)c3S(=O)(=O)O)c1nnc(C)n1-2. The van der Waals surface area contributed by atoms with Gasteiger partial charge in [0, 0.05) is 51.5 Å². The molecular formula is C46H41ClN8O12S2. The zero-order chi connectivity index (χ0) is 49.2. The van der Waals surface area contributed by atoms with Crippen LogP contribution >= 0.6 is 11.6 Å². The number of amides is 2. The highest BCUT2D eigenvalue weighted by molar-refractivity contribution is 7.86. The van der Waals surface area contributed by atoms with Crippen LogP contribution in [-0.4, -0.2) is 84.4 Å². The molecule has 1 spiro atoms. The summed E-state index contributed by atoms with van der Waals surface area (Å²) in [5, 5.41) is 15.1. The summed E-state index contributed by atoms with van der Waals surface area (Å²) >= 11 is 6.22. The third-order valence-electron chi connectivity index (χ3n) is 12.0. The predicted molar refractivity (Wildman–Crippen MR) is 249 cm³/mol. The van der Waals surface area contributed by atoms with Gasteiger partial charge in [-0.05, 0) is 99.0 Å². The van der Waals surface area contributed by atoms with E-state index in [4.69, 9.17) is 42.3 Å². The van der Waals surface area contributed by atoms with Crippen LogP contribution in [0.25, 0.3) is 5.69 Å². The first-order chi connectivity index (χ1) is 32.8. The molecule has 23 heteroatoms. The Labute approximate surface area is 399 Å². The summed E-state index contributed by atoms with van der Waals surface area (Å²) in [6.45, 7) is 2.37. The van der Waals surface area contributed by atoms with Crippen molar-refractivity contribution in [1.29, 1.82) is 0 Å². The number of halogens is 1. The van der Waals surface area contributed by atoms with Gasteiger partial charge in [-0.1, -0.05) is 23.7 Å². The van der Waals surface area contributed by atoms with E-state index in [-0.39, 0.29) is 46.7 Å². The summed E-state index contributed by atoms with van der Waals surface area (Å²) in [6.07, 6.45) is 1.66. The molecule has 5 aromatic carbocycles. The second kappa shape index (κ2) is 17.6. The highest BCUT2D eigenvalue weighted by atomic mass is 35.5. The Balaban J connectivity index is 0.886. The average molecular weight is 997 g/mol. The number of ether oxygens (including phenoxy) is 3. The van der Waals surface area contributed by atoms with Gasteiger partial charge in [-0.2, -0.15) is 16.8 Å². The van der Waals surface area contributed by atoms with Crippen LogP contribution in [0.1, 0.15) is 91.9 Å². The molecule has 0 saturated carbocycles. The van der Waals surface area contributed by atoms with Crippen LogP contribution in [0.5, 0.6) is 17.2 Å². The van der Waals surface area contributed by atoms with Crippen molar-refractivity contribution >= 4 is 66.7 Å².